The van der Waals surface area contributed by atoms with Gasteiger partial charge < -0.3 is 5.32 Å². The van der Waals surface area contributed by atoms with Crippen LogP contribution in [0.25, 0.3) is 0 Å². The average molecular weight is 249 g/mol. The molecule has 18 heavy (non-hydrogen) atoms. The summed E-state index contributed by atoms with van der Waals surface area (Å²) in [4.78, 5) is 2.30. The van der Waals surface area contributed by atoms with Crippen LogP contribution in [0.5, 0.6) is 0 Å². The number of hydrogen-bond acceptors (Lipinski definition) is 3. The molecule has 0 bridgehead atoms. The second-order valence-electron chi connectivity index (χ2n) is 4.42. The largest absolute Gasteiger partial charge is 0.383 e. The lowest BCUT2D eigenvalue weighted by molar-refractivity contribution is 0.243. The fourth-order valence-electron chi connectivity index (χ4n) is 1.90. The van der Waals surface area contributed by atoms with Crippen molar-refractivity contribution in [3.8, 4) is 6.07 Å². The number of hydrogen-bond donors (Lipinski definition) is 1. The highest BCUT2D eigenvalue weighted by Crippen LogP contribution is 2.17. The van der Waals surface area contributed by atoms with Gasteiger partial charge in [-0.05, 0) is 32.5 Å². The zero-order valence-corrected chi connectivity index (χ0v) is 11.2. The summed E-state index contributed by atoms with van der Waals surface area (Å²) in [7, 11) is 0. The Morgan fingerprint density at radius 3 is 2.72 bits per heavy atom. The molecule has 0 saturated heterocycles. The fraction of sp³-hybridized carbons (Fsp3) is 0.500. The topological polar surface area (TPSA) is 39.1 Å². The van der Waals surface area contributed by atoms with Crippen LogP contribution in [-0.2, 0) is 0 Å². The maximum Gasteiger partial charge on any atom is 0.143 e. The summed E-state index contributed by atoms with van der Waals surface area (Å²) in [5.41, 5.74) is 0.655. The number of rotatable bonds is 6. The standard InChI is InChI=1S/C14H20FN3/c1-4-18(11(2)3)9-8-17-14-7-5-6-13(15)12(14)10-16/h5-7,11,17H,4,8-9H2,1-3H3. The number of likely N-dealkylation sites (N-methyl/N-ethyl adjacent to an activating group) is 1. The monoisotopic (exact) mass is 249 g/mol. The molecule has 0 heterocycles. The lowest BCUT2D eigenvalue weighted by Crippen LogP contribution is -2.34. The van der Waals surface area contributed by atoms with Crippen LogP contribution in [0.1, 0.15) is 26.3 Å². The molecule has 0 atom stereocenters. The first-order valence-electron chi connectivity index (χ1n) is 6.26. The third-order valence-electron chi connectivity index (χ3n) is 2.98. The van der Waals surface area contributed by atoms with Gasteiger partial charge in [0.1, 0.15) is 17.4 Å². The van der Waals surface area contributed by atoms with Gasteiger partial charge in [0.15, 0.2) is 0 Å². The summed E-state index contributed by atoms with van der Waals surface area (Å²) in [6.45, 7) is 8.95. The summed E-state index contributed by atoms with van der Waals surface area (Å²) >= 11 is 0. The van der Waals surface area contributed by atoms with E-state index in [2.05, 4.69) is 31.0 Å². The number of benzene rings is 1. The van der Waals surface area contributed by atoms with Gasteiger partial charge in [0, 0.05) is 19.1 Å². The van der Waals surface area contributed by atoms with E-state index in [4.69, 9.17) is 5.26 Å². The number of halogens is 1. The van der Waals surface area contributed by atoms with Crippen molar-refractivity contribution in [1.29, 1.82) is 5.26 Å². The van der Waals surface area contributed by atoms with E-state index >= 15 is 0 Å². The number of nitriles is 1. The van der Waals surface area contributed by atoms with Crippen molar-refractivity contribution in [3.63, 3.8) is 0 Å². The van der Waals surface area contributed by atoms with Crippen molar-refractivity contribution in [1.82, 2.24) is 4.90 Å². The van der Waals surface area contributed by atoms with Crippen molar-refractivity contribution in [2.75, 3.05) is 25.0 Å². The molecule has 1 aromatic rings. The number of anilines is 1. The molecule has 1 rings (SSSR count). The van der Waals surface area contributed by atoms with Crippen LogP contribution in [-0.4, -0.2) is 30.6 Å². The van der Waals surface area contributed by atoms with Crippen molar-refractivity contribution >= 4 is 5.69 Å². The Bertz CT molecular complexity index is 424. The van der Waals surface area contributed by atoms with Crippen LogP contribution in [0.3, 0.4) is 0 Å². The van der Waals surface area contributed by atoms with E-state index < -0.39 is 5.82 Å². The maximum atomic E-state index is 13.4. The molecular weight excluding hydrogens is 229 g/mol. The molecular formula is C14H20FN3. The van der Waals surface area contributed by atoms with E-state index in [1.807, 2.05) is 6.07 Å². The lowest BCUT2D eigenvalue weighted by Gasteiger charge is -2.25. The van der Waals surface area contributed by atoms with E-state index in [0.29, 0.717) is 18.3 Å². The smallest absolute Gasteiger partial charge is 0.143 e. The molecule has 0 unspecified atom stereocenters. The number of nitrogens with zero attached hydrogens (tertiary/aromatic N) is 2. The molecule has 0 radical (unpaired) electrons. The van der Waals surface area contributed by atoms with Crippen LogP contribution < -0.4 is 5.32 Å². The minimum Gasteiger partial charge on any atom is -0.383 e. The Balaban J connectivity index is 2.60. The van der Waals surface area contributed by atoms with Gasteiger partial charge in [0.25, 0.3) is 0 Å². The van der Waals surface area contributed by atoms with Crippen LogP contribution in [0.15, 0.2) is 18.2 Å². The third kappa shape index (κ3) is 3.71. The molecule has 0 aliphatic carbocycles. The molecule has 0 aromatic heterocycles. The summed E-state index contributed by atoms with van der Waals surface area (Å²) < 4.78 is 13.4. The number of nitrogens with one attached hydrogen (secondary N) is 1. The molecule has 1 aromatic carbocycles. The molecule has 0 saturated carbocycles. The second-order valence-corrected chi connectivity index (χ2v) is 4.42. The SMILES string of the molecule is CCN(CCNc1cccc(F)c1C#N)C(C)C. The summed E-state index contributed by atoms with van der Waals surface area (Å²) in [6, 6.07) is 7.01. The minimum absolute atomic E-state index is 0.0881. The molecule has 4 heteroatoms. The molecule has 0 aliphatic rings. The Morgan fingerprint density at radius 1 is 1.44 bits per heavy atom. The van der Waals surface area contributed by atoms with E-state index in [1.165, 1.54) is 6.07 Å². The maximum absolute atomic E-state index is 13.4. The Kier molecular flexibility index (Phi) is 5.60. The van der Waals surface area contributed by atoms with Crippen LogP contribution in [0.4, 0.5) is 10.1 Å². The normalized spacial score (nSPS) is 10.7. The van der Waals surface area contributed by atoms with E-state index in [0.717, 1.165) is 13.1 Å². The molecule has 0 amide bonds. The predicted octanol–water partition coefficient (Wildman–Crippen LogP) is 2.84. The van der Waals surface area contributed by atoms with Gasteiger partial charge in [-0.3, -0.25) is 4.90 Å². The highest BCUT2D eigenvalue weighted by atomic mass is 19.1. The zero-order chi connectivity index (χ0) is 13.5. The van der Waals surface area contributed by atoms with E-state index in [9.17, 15) is 4.39 Å². The molecule has 0 aliphatic heterocycles. The Hall–Kier alpha value is -1.60. The summed E-state index contributed by atoms with van der Waals surface area (Å²) in [6.07, 6.45) is 0. The fourth-order valence-corrected chi connectivity index (χ4v) is 1.90. The van der Waals surface area contributed by atoms with Crippen LogP contribution >= 0.6 is 0 Å². The lowest BCUT2D eigenvalue weighted by atomic mass is 10.2. The third-order valence-corrected chi connectivity index (χ3v) is 2.98. The molecule has 0 spiro atoms. The van der Waals surface area contributed by atoms with Gasteiger partial charge in [-0.25, -0.2) is 4.39 Å². The quantitative estimate of drug-likeness (QED) is 0.842. The van der Waals surface area contributed by atoms with Gasteiger partial charge in [-0.2, -0.15) is 5.26 Å². The zero-order valence-electron chi connectivity index (χ0n) is 11.2. The molecule has 3 nitrogen and oxygen atoms in total. The first-order chi connectivity index (χ1) is 8.60. The van der Waals surface area contributed by atoms with Crippen LogP contribution in [0.2, 0.25) is 0 Å². The summed E-state index contributed by atoms with van der Waals surface area (Å²) in [5.74, 6) is -0.473. The van der Waals surface area contributed by atoms with Gasteiger partial charge in [0.05, 0.1) is 5.69 Å². The Morgan fingerprint density at radius 2 is 2.17 bits per heavy atom. The van der Waals surface area contributed by atoms with Crippen molar-refractivity contribution in [2.24, 2.45) is 0 Å². The first-order valence-corrected chi connectivity index (χ1v) is 6.26. The van der Waals surface area contributed by atoms with Gasteiger partial charge in [0.2, 0.25) is 0 Å². The highest BCUT2D eigenvalue weighted by Gasteiger charge is 2.09. The van der Waals surface area contributed by atoms with E-state index in [-0.39, 0.29) is 5.56 Å². The Labute approximate surface area is 108 Å². The van der Waals surface area contributed by atoms with Gasteiger partial charge in [-0.15, -0.1) is 0 Å². The van der Waals surface area contributed by atoms with Gasteiger partial charge in [-0.1, -0.05) is 13.0 Å². The predicted molar refractivity (Wildman–Crippen MR) is 72.0 cm³/mol. The molecule has 1 N–H and O–H groups in total. The minimum atomic E-state index is -0.473. The summed E-state index contributed by atoms with van der Waals surface area (Å²) in [5, 5.41) is 12.0. The second kappa shape index (κ2) is 6.97. The van der Waals surface area contributed by atoms with E-state index in [1.54, 1.807) is 12.1 Å². The van der Waals surface area contributed by atoms with Crippen molar-refractivity contribution in [3.05, 3.63) is 29.6 Å². The first kappa shape index (κ1) is 14.5. The van der Waals surface area contributed by atoms with Crippen molar-refractivity contribution < 1.29 is 4.39 Å². The van der Waals surface area contributed by atoms with Crippen LogP contribution in [0, 0.1) is 17.1 Å². The average Bonchev–Trinajstić information content (AvgIpc) is 2.34. The molecule has 98 valence electrons. The van der Waals surface area contributed by atoms with Gasteiger partial charge >= 0.3 is 0 Å². The highest BCUT2D eigenvalue weighted by molar-refractivity contribution is 5.57. The molecule has 0 fully saturated rings. The van der Waals surface area contributed by atoms with Crippen molar-refractivity contribution in [2.45, 2.75) is 26.8 Å².